The minimum Gasteiger partial charge on any atom is -0.357 e. The van der Waals surface area contributed by atoms with Crippen molar-refractivity contribution in [2.45, 2.75) is 39.4 Å². The van der Waals surface area contributed by atoms with Gasteiger partial charge in [0.2, 0.25) is 0 Å². The first kappa shape index (κ1) is 23.1. The van der Waals surface area contributed by atoms with E-state index in [1.807, 2.05) is 12.3 Å². The maximum atomic E-state index is 12.6. The van der Waals surface area contributed by atoms with E-state index in [9.17, 15) is 13.2 Å². The first-order chi connectivity index (χ1) is 11.9. The molecule has 0 amide bonds. The summed E-state index contributed by atoms with van der Waals surface area (Å²) in [6, 6.07) is 0. The van der Waals surface area contributed by atoms with Crippen molar-refractivity contribution in [3.05, 3.63) is 32.2 Å². The number of halogens is 4. The van der Waals surface area contributed by atoms with Gasteiger partial charge in [0.1, 0.15) is 5.01 Å². The molecule has 0 bridgehead atoms. The molecule has 0 unspecified atom stereocenters. The molecule has 0 saturated heterocycles. The van der Waals surface area contributed by atoms with Crippen molar-refractivity contribution >= 4 is 52.6 Å². The zero-order valence-corrected chi connectivity index (χ0v) is 18.4. The molecule has 0 fully saturated rings. The predicted octanol–water partition coefficient (Wildman–Crippen LogP) is 4.10. The predicted molar refractivity (Wildman–Crippen MR) is 111 cm³/mol. The summed E-state index contributed by atoms with van der Waals surface area (Å²) in [5.41, 5.74) is 0.163. The summed E-state index contributed by atoms with van der Waals surface area (Å²) in [4.78, 5) is 12.4. The fraction of sp³-hybridized carbons (Fsp3) is 0.533. The lowest BCUT2D eigenvalue weighted by Gasteiger charge is -2.10. The van der Waals surface area contributed by atoms with E-state index in [0.717, 1.165) is 40.3 Å². The number of aromatic nitrogens is 2. The van der Waals surface area contributed by atoms with E-state index >= 15 is 0 Å². The maximum absolute atomic E-state index is 12.6. The highest BCUT2D eigenvalue weighted by molar-refractivity contribution is 14.0. The number of thiazole rings is 2. The van der Waals surface area contributed by atoms with Crippen molar-refractivity contribution in [2.75, 3.05) is 13.1 Å². The average Bonchev–Trinajstić information content (AvgIpc) is 3.21. The number of rotatable bonds is 7. The number of nitrogens with zero attached hydrogens (tertiary/aromatic N) is 3. The molecule has 0 aliphatic carbocycles. The third-order valence-corrected chi connectivity index (χ3v) is 5.01. The van der Waals surface area contributed by atoms with Crippen LogP contribution in [0.1, 0.15) is 35.3 Å². The Morgan fingerprint density at radius 2 is 1.85 bits per heavy atom. The Morgan fingerprint density at radius 3 is 2.42 bits per heavy atom. The summed E-state index contributed by atoms with van der Waals surface area (Å²) in [7, 11) is 0. The van der Waals surface area contributed by atoms with Gasteiger partial charge in [0, 0.05) is 30.3 Å². The number of hydrogen-bond donors (Lipinski definition) is 2. The first-order valence-electron chi connectivity index (χ1n) is 7.89. The molecule has 11 heteroatoms. The van der Waals surface area contributed by atoms with Gasteiger partial charge in [-0.25, -0.2) is 15.0 Å². The number of aryl methyl sites for hydroxylation is 1. The summed E-state index contributed by atoms with van der Waals surface area (Å²) >= 11 is 2.61. The summed E-state index contributed by atoms with van der Waals surface area (Å²) < 4.78 is 37.7. The molecule has 2 aromatic rings. The van der Waals surface area contributed by atoms with E-state index in [4.69, 9.17) is 0 Å². The van der Waals surface area contributed by atoms with E-state index in [1.54, 1.807) is 11.3 Å². The molecule has 0 spiro atoms. The number of hydrogen-bond acceptors (Lipinski definition) is 5. The maximum Gasteiger partial charge on any atom is 0.434 e. The Morgan fingerprint density at radius 1 is 1.12 bits per heavy atom. The molecule has 0 atom stereocenters. The van der Waals surface area contributed by atoms with E-state index in [2.05, 4.69) is 32.5 Å². The van der Waals surface area contributed by atoms with Gasteiger partial charge in [-0.05, 0) is 13.3 Å². The zero-order valence-electron chi connectivity index (χ0n) is 14.4. The van der Waals surface area contributed by atoms with Gasteiger partial charge >= 0.3 is 6.18 Å². The van der Waals surface area contributed by atoms with E-state index in [1.165, 1.54) is 0 Å². The van der Waals surface area contributed by atoms with Gasteiger partial charge in [0.15, 0.2) is 11.7 Å². The lowest BCUT2D eigenvalue weighted by Crippen LogP contribution is -2.38. The number of alkyl halides is 3. The summed E-state index contributed by atoms with van der Waals surface area (Å²) in [6.45, 7) is 5.40. The van der Waals surface area contributed by atoms with Gasteiger partial charge in [-0.15, -0.1) is 46.7 Å². The monoisotopic (exact) mass is 519 g/mol. The van der Waals surface area contributed by atoms with E-state index in [-0.39, 0.29) is 30.5 Å². The van der Waals surface area contributed by atoms with Gasteiger partial charge in [-0.3, -0.25) is 0 Å². The molecule has 146 valence electrons. The Kier molecular flexibility index (Phi) is 9.79. The van der Waals surface area contributed by atoms with Crippen molar-refractivity contribution in [3.63, 3.8) is 0 Å². The van der Waals surface area contributed by atoms with Gasteiger partial charge < -0.3 is 10.6 Å². The molecule has 2 aromatic heterocycles. The minimum absolute atomic E-state index is 0. The lowest BCUT2D eigenvalue weighted by molar-refractivity contribution is -0.140. The van der Waals surface area contributed by atoms with Crippen LogP contribution < -0.4 is 10.6 Å². The number of aliphatic imine (C=N–C) groups is 1. The van der Waals surface area contributed by atoms with Crippen LogP contribution in [-0.2, 0) is 25.6 Å². The summed E-state index contributed by atoms with van der Waals surface area (Å²) in [5, 5.41) is 10.7. The fourth-order valence-corrected chi connectivity index (χ4v) is 3.44. The summed E-state index contributed by atoms with van der Waals surface area (Å²) in [6.07, 6.45) is -2.72. The first-order valence-corrected chi connectivity index (χ1v) is 9.65. The van der Waals surface area contributed by atoms with E-state index in [0.29, 0.717) is 24.1 Å². The molecule has 0 saturated carbocycles. The molecule has 5 nitrogen and oxygen atoms in total. The van der Waals surface area contributed by atoms with E-state index < -0.39 is 11.9 Å². The Bertz CT molecular complexity index is 700. The van der Waals surface area contributed by atoms with Crippen molar-refractivity contribution in [1.29, 1.82) is 0 Å². The molecule has 0 aliphatic heterocycles. The molecule has 0 radical (unpaired) electrons. The Hall–Kier alpha value is -0.950. The second-order valence-corrected chi connectivity index (χ2v) is 6.97. The standard InChI is InChI=1S/C15H20F3N5S2.HI/c1-3-12-22-10(8-24-12)5-6-20-14(19-4-2)21-7-13-23-11(9-25-13)15(16,17)18;/h8-9H,3-7H2,1-2H3,(H2,19,20,21);1H. The molecular weight excluding hydrogens is 498 g/mol. The Balaban J connectivity index is 0.00000338. The highest BCUT2D eigenvalue weighted by atomic mass is 127. The average molecular weight is 519 g/mol. The molecule has 26 heavy (non-hydrogen) atoms. The molecular formula is C15H21F3IN5S2. The van der Waals surface area contributed by atoms with Crippen LogP contribution in [0.25, 0.3) is 0 Å². The van der Waals surface area contributed by atoms with Crippen molar-refractivity contribution in [3.8, 4) is 0 Å². The minimum atomic E-state index is -4.41. The van der Waals surface area contributed by atoms with Crippen LogP contribution in [0.4, 0.5) is 13.2 Å². The second kappa shape index (κ2) is 11.0. The SMILES string of the molecule is CCNC(=NCc1nc(C(F)(F)F)cs1)NCCc1csc(CC)n1.I. The Labute approximate surface area is 175 Å². The normalized spacial score (nSPS) is 12.0. The lowest BCUT2D eigenvalue weighted by atomic mass is 10.3. The quantitative estimate of drug-likeness (QED) is 0.329. The molecule has 0 aliphatic rings. The van der Waals surface area contributed by atoms with Crippen LogP contribution in [0.5, 0.6) is 0 Å². The fourth-order valence-electron chi connectivity index (χ4n) is 1.94. The highest BCUT2D eigenvalue weighted by Crippen LogP contribution is 2.30. The molecule has 0 aromatic carbocycles. The van der Waals surface area contributed by atoms with Crippen molar-refractivity contribution < 1.29 is 13.2 Å². The largest absolute Gasteiger partial charge is 0.434 e. The summed E-state index contributed by atoms with van der Waals surface area (Å²) in [5.74, 6) is 0.553. The van der Waals surface area contributed by atoms with Crippen LogP contribution in [0.2, 0.25) is 0 Å². The van der Waals surface area contributed by atoms with Gasteiger partial charge in [0.05, 0.1) is 17.2 Å². The molecule has 2 heterocycles. The van der Waals surface area contributed by atoms with Crippen molar-refractivity contribution in [1.82, 2.24) is 20.6 Å². The molecule has 2 rings (SSSR count). The van der Waals surface area contributed by atoms with Crippen LogP contribution in [-0.4, -0.2) is 29.0 Å². The van der Waals surface area contributed by atoms with Crippen LogP contribution >= 0.6 is 46.7 Å². The second-order valence-electron chi connectivity index (χ2n) is 5.08. The van der Waals surface area contributed by atoms with Gasteiger partial charge in [0.25, 0.3) is 0 Å². The smallest absolute Gasteiger partial charge is 0.357 e. The van der Waals surface area contributed by atoms with Crippen LogP contribution in [0.3, 0.4) is 0 Å². The number of nitrogens with one attached hydrogen (secondary N) is 2. The third-order valence-electron chi connectivity index (χ3n) is 3.13. The van der Waals surface area contributed by atoms with Crippen LogP contribution in [0.15, 0.2) is 15.8 Å². The third kappa shape index (κ3) is 7.35. The van der Waals surface area contributed by atoms with Crippen LogP contribution in [0, 0.1) is 0 Å². The topological polar surface area (TPSA) is 62.2 Å². The zero-order chi connectivity index (χ0) is 18.3. The highest BCUT2D eigenvalue weighted by Gasteiger charge is 2.33. The number of guanidine groups is 1. The molecule has 2 N–H and O–H groups in total. The van der Waals surface area contributed by atoms with Gasteiger partial charge in [-0.2, -0.15) is 13.2 Å². The van der Waals surface area contributed by atoms with Gasteiger partial charge in [-0.1, -0.05) is 6.92 Å². The van der Waals surface area contributed by atoms with Crippen molar-refractivity contribution in [2.24, 2.45) is 4.99 Å².